The van der Waals surface area contributed by atoms with Gasteiger partial charge < -0.3 is 35.7 Å². The fourth-order valence-electron chi connectivity index (χ4n) is 4.14. The standard InChI is InChI=1S/C26H25N7O4/c1-25(2)22(34)30-16-11-13(5-7-18(16)36-25)28-21-15-9-10-27-20(15)32-24(33-21)29-14-6-8-19-17(12-14)31-23(35)26(3,4)37-19/h5-12H,1-4H3,(H,30,34)(H,31,35)(H3,27,28,29,32,33). The summed E-state index contributed by atoms with van der Waals surface area (Å²) < 4.78 is 11.6. The Labute approximate surface area is 212 Å². The van der Waals surface area contributed by atoms with Crippen molar-refractivity contribution in [2.24, 2.45) is 0 Å². The highest BCUT2D eigenvalue weighted by Gasteiger charge is 2.36. The van der Waals surface area contributed by atoms with Crippen molar-refractivity contribution in [2.45, 2.75) is 38.9 Å². The maximum Gasteiger partial charge on any atom is 0.268 e. The molecule has 2 aliphatic heterocycles. The van der Waals surface area contributed by atoms with Crippen LogP contribution in [0.15, 0.2) is 48.7 Å². The van der Waals surface area contributed by atoms with E-state index >= 15 is 0 Å². The van der Waals surface area contributed by atoms with Crippen molar-refractivity contribution in [1.29, 1.82) is 0 Å². The van der Waals surface area contributed by atoms with E-state index in [0.717, 1.165) is 5.39 Å². The number of hydrogen-bond acceptors (Lipinski definition) is 8. The topological polar surface area (TPSA) is 142 Å². The van der Waals surface area contributed by atoms with Crippen molar-refractivity contribution in [2.75, 3.05) is 21.3 Å². The molecule has 2 amide bonds. The van der Waals surface area contributed by atoms with Gasteiger partial charge in [-0.1, -0.05) is 0 Å². The van der Waals surface area contributed by atoms with Gasteiger partial charge in [-0.25, -0.2) is 0 Å². The average molecular weight is 500 g/mol. The van der Waals surface area contributed by atoms with E-state index in [1.54, 1.807) is 58.2 Å². The van der Waals surface area contributed by atoms with E-state index in [-0.39, 0.29) is 11.8 Å². The summed E-state index contributed by atoms with van der Waals surface area (Å²) in [5.41, 5.74) is 1.29. The third kappa shape index (κ3) is 4.03. The fraction of sp³-hybridized carbons (Fsp3) is 0.231. The van der Waals surface area contributed by atoms with Crippen molar-refractivity contribution in [3.05, 3.63) is 48.7 Å². The molecule has 0 radical (unpaired) electrons. The highest BCUT2D eigenvalue weighted by Crippen LogP contribution is 2.38. The first-order chi connectivity index (χ1) is 17.6. The van der Waals surface area contributed by atoms with Crippen molar-refractivity contribution in [3.63, 3.8) is 0 Å². The number of amides is 2. The molecule has 4 heterocycles. The van der Waals surface area contributed by atoms with E-state index in [1.165, 1.54) is 0 Å². The highest BCUT2D eigenvalue weighted by molar-refractivity contribution is 6.01. The number of H-pyrrole nitrogens is 1. The van der Waals surface area contributed by atoms with Crippen LogP contribution in [0.2, 0.25) is 0 Å². The van der Waals surface area contributed by atoms with Gasteiger partial charge in [0, 0.05) is 17.6 Å². The molecule has 11 nitrogen and oxygen atoms in total. The Balaban J connectivity index is 1.29. The smallest absolute Gasteiger partial charge is 0.268 e. The van der Waals surface area contributed by atoms with E-state index < -0.39 is 11.2 Å². The van der Waals surface area contributed by atoms with E-state index in [2.05, 4.69) is 36.2 Å². The van der Waals surface area contributed by atoms with Gasteiger partial charge in [0.1, 0.15) is 23.0 Å². The highest BCUT2D eigenvalue weighted by atomic mass is 16.5. The number of ether oxygens (including phenoxy) is 2. The molecule has 0 atom stereocenters. The number of nitrogens with one attached hydrogen (secondary N) is 5. The van der Waals surface area contributed by atoms with Crippen LogP contribution in [0.4, 0.5) is 34.5 Å². The van der Waals surface area contributed by atoms with E-state index in [0.29, 0.717) is 51.7 Å². The maximum atomic E-state index is 12.3. The minimum absolute atomic E-state index is 0.214. The van der Waals surface area contributed by atoms with Crippen molar-refractivity contribution >= 4 is 57.4 Å². The number of fused-ring (bicyclic) bond motifs is 3. The third-order valence-electron chi connectivity index (χ3n) is 6.21. The van der Waals surface area contributed by atoms with Crippen LogP contribution in [0, 0.1) is 0 Å². The lowest BCUT2D eigenvalue weighted by Gasteiger charge is -2.31. The van der Waals surface area contributed by atoms with E-state index in [1.807, 2.05) is 18.2 Å². The Morgan fingerprint density at radius 3 is 1.92 bits per heavy atom. The summed E-state index contributed by atoms with van der Waals surface area (Å²) in [6.07, 6.45) is 1.78. The Morgan fingerprint density at radius 1 is 0.757 bits per heavy atom. The zero-order valence-corrected chi connectivity index (χ0v) is 20.6. The number of carbonyl (C=O) groups is 2. The minimum atomic E-state index is -0.938. The molecule has 0 bridgehead atoms. The number of anilines is 6. The third-order valence-corrected chi connectivity index (χ3v) is 6.21. The predicted octanol–water partition coefficient (Wildman–Crippen LogP) is 4.66. The minimum Gasteiger partial charge on any atom is -0.476 e. The Morgan fingerprint density at radius 2 is 1.32 bits per heavy atom. The van der Waals surface area contributed by atoms with Gasteiger partial charge in [0.2, 0.25) is 5.95 Å². The second-order valence-corrected chi connectivity index (χ2v) is 9.94. The van der Waals surface area contributed by atoms with Gasteiger partial charge in [-0.15, -0.1) is 0 Å². The van der Waals surface area contributed by atoms with Gasteiger partial charge >= 0.3 is 0 Å². The molecule has 6 rings (SSSR count). The molecule has 11 heteroatoms. The van der Waals surface area contributed by atoms with Crippen molar-refractivity contribution in [1.82, 2.24) is 15.0 Å². The molecule has 0 aliphatic carbocycles. The monoisotopic (exact) mass is 499 g/mol. The van der Waals surface area contributed by atoms with Gasteiger partial charge in [0.05, 0.1) is 16.8 Å². The van der Waals surface area contributed by atoms with Crippen LogP contribution in [0.5, 0.6) is 11.5 Å². The van der Waals surface area contributed by atoms with Crippen LogP contribution in [-0.2, 0) is 9.59 Å². The molecular weight excluding hydrogens is 474 g/mol. The first kappa shape index (κ1) is 22.7. The van der Waals surface area contributed by atoms with Crippen LogP contribution in [0.3, 0.4) is 0 Å². The Kier molecular flexibility index (Phi) is 4.81. The zero-order valence-electron chi connectivity index (χ0n) is 20.6. The second-order valence-electron chi connectivity index (χ2n) is 9.94. The largest absolute Gasteiger partial charge is 0.476 e. The first-order valence-electron chi connectivity index (χ1n) is 11.8. The van der Waals surface area contributed by atoms with E-state index in [4.69, 9.17) is 9.47 Å². The van der Waals surface area contributed by atoms with Gasteiger partial charge in [0.15, 0.2) is 11.2 Å². The molecule has 188 valence electrons. The first-order valence-corrected chi connectivity index (χ1v) is 11.8. The van der Waals surface area contributed by atoms with Crippen molar-refractivity contribution < 1.29 is 19.1 Å². The summed E-state index contributed by atoms with van der Waals surface area (Å²) in [7, 11) is 0. The molecule has 4 aromatic rings. The molecule has 0 saturated carbocycles. The lowest BCUT2D eigenvalue weighted by atomic mass is 10.1. The van der Waals surface area contributed by atoms with Crippen LogP contribution >= 0.6 is 0 Å². The second kappa shape index (κ2) is 7.85. The van der Waals surface area contributed by atoms with Crippen LogP contribution in [-0.4, -0.2) is 38.0 Å². The van der Waals surface area contributed by atoms with Gasteiger partial charge in [-0.05, 0) is 70.2 Å². The summed E-state index contributed by atoms with van der Waals surface area (Å²) in [5.74, 6) is 1.66. The molecule has 37 heavy (non-hydrogen) atoms. The molecule has 2 aromatic heterocycles. The number of benzene rings is 2. The fourth-order valence-corrected chi connectivity index (χ4v) is 4.14. The lowest BCUT2D eigenvalue weighted by Crippen LogP contribution is -2.45. The Bertz CT molecular complexity index is 1590. The zero-order chi connectivity index (χ0) is 25.9. The Hall–Kier alpha value is -4.80. The van der Waals surface area contributed by atoms with Crippen molar-refractivity contribution in [3.8, 4) is 11.5 Å². The summed E-state index contributed by atoms with van der Waals surface area (Å²) in [5, 5.41) is 13.1. The SMILES string of the molecule is CC1(C)Oc2ccc(Nc3nc(Nc4ccc5c(c4)NC(=O)C(C)(C)O5)c4cc[nH]c4n3)cc2NC1=O. The number of hydrogen-bond donors (Lipinski definition) is 5. The predicted molar refractivity (Wildman–Crippen MR) is 140 cm³/mol. The molecule has 0 saturated heterocycles. The number of rotatable bonds is 4. The molecule has 2 aromatic carbocycles. The lowest BCUT2D eigenvalue weighted by molar-refractivity contribution is -0.130. The molecule has 2 aliphatic rings. The number of aromatic amines is 1. The number of carbonyl (C=O) groups excluding carboxylic acids is 2. The van der Waals surface area contributed by atoms with Crippen LogP contribution < -0.4 is 30.7 Å². The summed E-state index contributed by atoms with van der Waals surface area (Å²) in [4.78, 5) is 37.0. The van der Waals surface area contributed by atoms with Crippen LogP contribution in [0.1, 0.15) is 27.7 Å². The molecule has 5 N–H and O–H groups in total. The number of nitrogens with zero attached hydrogens (tertiary/aromatic N) is 2. The molecule has 0 spiro atoms. The van der Waals surface area contributed by atoms with Crippen LogP contribution in [0.25, 0.3) is 11.0 Å². The number of aromatic nitrogens is 3. The normalized spacial score (nSPS) is 17.0. The summed E-state index contributed by atoms with van der Waals surface area (Å²) >= 11 is 0. The molecular formula is C26H25N7O4. The van der Waals surface area contributed by atoms with Gasteiger partial charge in [0.25, 0.3) is 11.8 Å². The molecule has 0 fully saturated rings. The molecule has 0 unspecified atom stereocenters. The van der Waals surface area contributed by atoms with E-state index in [9.17, 15) is 9.59 Å². The summed E-state index contributed by atoms with van der Waals surface area (Å²) in [6, 6.07) is 12.7. The summed E-state index contributed by atoms with van der Waals surface area (Å²) in [6.45, 7) is 6.88. The average Bonchev–Trinajstić information content (AvgIpc) is 3.30. The maximum absolute atomic E-state index is 12.3. The van der Waals surface area contributed by atoms with Gasteiger partial charge in [-0.3, -0.25) is 9.59 Å². The quantitative estimate of drug-likeness (QED) is 0.273. The van der Waals surface area contributed by atoms with Gasteiger partial charge in [-0.2, -0.15) is 9.97 Å².